The molecule has 0 aliphatic rings. The van der Waals surface area contributed by atoms with E-state index in [1.807, 2.05) is 73.7 Å². The zero-order valence-electron chi connectivity index (χ0n) is 16.7. The molecule has 1 N–H and O–H groups in total. The monoisotopic (exact) mass is 429 g/mol. The Hall–Kier alpha value is -3.61. The first kappa shape index (κ1) is 19.4. The number of fused-ring (bicyclic) bond motifs is 3. The fraction of sp³-hybridized carbons (Fsp3) is 0.0400. The fourth-order valence-electron chi connectivity index (χ4n) is 3.61. The van der Waals surface area contributed by atoms with Crippen LogP contribution in [0.5, 0.6) is 0 Å². The second-order valence-electron chi connectivity index (χ2n) is 7.28. The fourth-order valence-corrected chi connectivity index (χ4v) is 4.37. The molecule has 154 valence electrons. The van der Waals surface area contributed by atoms with Gasteiger partial charge in [0.2, 0.25) is 0 Å². The lowest BCUT2D eigenvalue weighted by molar-refractivity contribution is 0.391. The van der Waals surface area contributed by atoms with Gasteiger partial charge in [0.25, 0.3) is 0 Å². The Morgan fingerprint density at radius 2 is 1.52 bits per heavy atom. The quantitative estimate of drug-likeness (QED) is 0.332. The third kappa shape index (κ3) is 3.56. The molecule has 5 nitrogen and oxygen atoms in total. The van der Waals surface area contributed by atoms with Crippen molar-refractivity contribution in [2.24, 2.45) is 0 Å². The van der Waals surface area contributed by atoms with Gasteiger partial charge < -0.3 is 4.42 Å². The van der Waals surface area contributed by atoms with Crippen LogP contribution in [0.4, 0.5) is 5.69 Å². The largest absolute Gasteiger partial charge is 0.454 e. The predicted molar refractivity (Wildman–Crippen MR) is 122 cm³/mol. The van der Waals surface area contributed by atoms with E-state index in [-0.39, 0.29) is 4.90 Å². The lowest BCUT2D eigenvalue weighted by Gasteiger charge is -2.09. The average Bonchev–Trinajstić information content (AvgIpc) is 3.18. The molecule has 0 unspecified atom stereocenters. The summed E-state index contributed by atoms with van der Waals surface area (Å²) in [5, 5.41) is 2.71. The average molecular weight is 429 g/mol. The molecule has 31 heavy (non-hydrogen) atoms. The summed E-state index contributed by atoms with van der Waals surface area (Å²) >= 11 is 0. The summed E-state index contributed by atoms with van der Waals surface area (Å²) in [5.41, 5.74) is 5.57. The maximum absolute atomic E-state index is 12.8. The van der Waals surface area contributed by atoms with Crippen molar-refractivity contribution in [3.63, 3.8) is 0 Å². The Bertz CT molecular complexity index is 1490. The smallest absolute Gasteiger partial charge is 0.317 e. The summed E-state index contributed by atoms with van der Waals surface area (Å²) in [6.07, 6.45) is 0. The third-order valence-electron chi connectivity index (χ3n) is 5.18. The maximum atomic E-state index is 12.8. The van der Waals surface area contributed by atoms with Crippen LogP contribution >= 0.6 is 0 Å². The Morgan fingerprint density at radius 1 is 0.806 bits per heavy atom. The van der Waals surface area contributed by atoms with Crippen molar-refractivity contribution in [1.29, 1.82) is 0 Å². The minimum absolute atomic E-state index is 0.0736. The molecule has 0 radical (unpaired) electrons. The van der Waals surface area contributed by atoms with Crippen LogP contribution in [0.15, 0.2) is 100 Å². The van der Waals surface area contributed by atoms with E-state index in [0.717, 1.165) is 27.3 Å². The number of furan rings is 1. The lowest BCUT2D eigenvalue weighted by Crippen LogP contribution is -2.12. The van der Waals surface area contributed by atoms with Crippen molar-refractivity contribution in [3.05, 3.63) is 96.6 Å². The van der Waals surface area contributed by atoms with Crippen LogP contribution in [-0.4, -0.2) is 8.42 Å². The summed E-state index contributed by atoms with van der Waals surface area (Å²) in [4.78, 5) is 0.0736. The minimum Gasteiger partial charge on any atom is -0.454 e. The SMILES string of the molecule is Cc1ccc(S(=O)(=O)ONc2c(-c3ccccc3)oc3ccc4ccccc4c23)cc1. The highest BCUT2D eigenvalue weighted by Crippen LogP contribution is 2.41. The van der Waals surface area contributed by atoms with Gasteiger partial charge >= 0.3 is 10.1 Å². The molecule has 6 heteroatoms. The molecule has 0 aliphatic heterocycles. The van der Waals surface area contributed by atoms with Gasteiger partial charge in [0.15, 0.2) is 5.76 Å². The van der Waals surface area contributed by atoms with Gasteiger partial charge in [0, 0.05) is 5.56 Å². The molecule has 1 aromatic heterocycles. The molecule has 1 heterocycles. The molecule has 4 aromatic carbocycles. The highest BCUT2D eigenvalue weighted by atomic mass is 32.2. The van der Waals surface area contributed by atoms with Gasteiger partial charge in [-0.1, -0.05) is 78.4 Å². The number of benzene rings is 4. The van der Waals surface area contributed by atoms with Crippen molar-refractivity contribution >= 4 is 37.5 Å². The van der Waals surface area contributed by atoms with E-state index >= 15 is 0 Å². The zero-order chi connectivity index (χ0) is 21.4. The number of anilines is 1. The third-order valence-corrected chi connectivity index (χ3v) is 6.33. The molecule has 0 saturated heterocycles. The Morgan fingerprint density at radius 3 is 2.29 bits per heavy atom. The van der Waals surface area contributed by atoms with Crippen LogP contribution in [-0.2, 0) is 14.4 Å². The van der Waals surface area contributed by atoms with Gasteiger partial charge in [-0.25, -0.2) is 5.48 Å². The van der Waals surface area contributed by atoms with Crippen molar-refractivity contribution in [1.82, 2.24) is 0 Å². The molecule has 0 spiro atoms. The van der Waals surface area contributed by atoms with Gasteiger partial charge in [-0.15, -0.1) is 4.28 Å². The maximum Gasteiger partial charge on any atom is 0.317 e. The van der Waals surface area contributed by atoms with E-state index < -0.39 is 10.1 Å². The van der Waals surface area contributed by atoms with Crippen LogP contribution in [0.2, 0.25) is 0 Å². The van der Waals surface area contributed by atoms with Crippen LogP contribution in [0, 0.1) is 6.92 Å². The van der Waals surface area contributed by atoms with Gasteiger partial charge in [-0.05, 0) is 35.9 Å². The first-order valence-corrected chi connectivity index (χ1v) is 11.2. The van der Waals surface area contributed by atoms with E-state index in [9.17, 15) is 8.42 Å². The Kier molecular flexibility index (Phi) is 4.73. The summed E-state index contributed by atoms with van der Waals surface area (Å²) in [5.74, 6) is 0.506. The zero-order valence-corrected chi connectivity index (χ0v) is 17.5. The summed E-state index contributed by atoms with van der Waals surface area (Å²) in [6, 6.07) is 27.7. The number of hydrogen-bond acceptors (Lipinski definition) is 5. The van der Waals surface area contributed by atoms with Gasteiger partial charge in [0.05, 0.1) is 10.3 Å². The normalized spacial score (nSPS) is 11.8. The molecular weight excluding hydrogens is 410 g/mol. The first-order chi connectivity index (χ1) is 15.0. The molecule has 0 aliphatic carbocycles. The lowest BCUT2D eigenvalue weighted by atomic mass is 10.0. The summed E-state index contributed by atoms with van der Waals surface area (Å²) < 4.78 is 37.0. The molecule has 0 bridgehead atoms. The van der Waals surface area contributed by atoms with Crippen molar-refractivity contribution in [3.8, 4) is 11.3 Å². The van der Waals surface area contributed by atoms with Gasteiger partial charge in [0.1, 0.15) is 11.3 Å². The van der Waals surface area contributed by atoms with Crippen LogP contribution in [0.25, 0.3) is 33.1 Å². The topological polar surface area (TPSA) is 68.5 Å². The standard InChI is InChI=1S/C25H19NO4S/c1-17-11-14-20(15-12-17)31(27,28)30-26-24-23-21-10-6-5-7-18(21)13-16-22(23)29-25(24)19-8-3-2-4-9-19/h2-16,26H,1H3. The Labute approximate surface area is 180 Å². The number of aryl methyl sites for hydroxylation is 1. The molecule has 0 amide bonds. The second-order valence-corrected chi connectivity index (χ2v) is 8.83. The molecular formula is C25H19NO4S. The predicted octanol–water partition coefficient (Wildman–Crippen LogP) is 6.29. The molecule has 0 fully saturated rings. The van der Waals surface area contributed by atoms with E-state index in [1.165, 1.54) is 12.1 Å². The molecule has 0 saturated carbocycles. The molecule has 5 aromatic rings. The van der Waals surface area contributed by atoms with Crippen molar-refractivity contribution < 1.29 is 17.1 Å². The van der Waals surface area contributed by atoms with E-state index in [4.69, 9.17) is 8.70 Å². The first-order valence-electron chi connectivity index (χ1n) is 9.79. The van der Waals surface area contributed by atoms with E-state index in [2.05, 4.69) is 5.48 Å². The van der Waals surface area contributed by atoms with Crippen molar-refractivity contribution in [2.45, 2.75) is 11.8 Å². The van der Waals surface area contributed by atoms with E-state index in [0.29, 0.717) is 17.0 Å². The number of rotatable bonds is 5. The second kappa shape index (κ2) is 7.58. The van der Waals surface area contributed by atoms with E-state index in [1.54, 1.807) is 12.1 Å². The van der Waals surface area contributed by atoms with Crippen molar-refractivity contribution in [2.75, 3.05) is 5.48 Å². The van der Waals surface area contributed by atoms with Gasteiger partial charge in [-0.2, -0.15) is 8.42 Å². The highest BCUT2D eigenvalue weighted by Gasteiger charge is 2.22. The summed E-state index contributed by atoms with van der Waals surface area (Å²) in [6.45, 7) is 1.89. The van der Waals surface area contributed by atoms with Crippen LogP contribution in [0.3, 0.4) is 0 Å². The Balaban J connectivity index is 1.65. The molecule has 0 atom stereocenters. The number of nitrogens with one attached hydrogen (secondary N) is 1. The molecule has 5 rings (SSSR count). The number of hydrogen-bond donors (Lipinski definition) is 1. The summed E-state index contributed by atoms with van der Waals surface area (Å²) in [7, 11) is -4.03. The minimum atomic E-state index is -4.03. The van der Waals surface area contributed by atoms with Crippen LogP contribution < -0.4 is 5.48 Å². The van der Waals surface area contributed by atoms with Gasteiger partial charge in [-0.3, -0.25) is 0 Å². The highest BCUT2D eigenvalue weighted by molar-refractivity contribution is 7.86. The van der Waals surface area contributed by atoms with Crippen LogP contribution in [0.1, 0.15) is 5.56 Å².